The van der Waals surface area contributed by atoms with E-state index in [0.29, 0.717) is 0 Å². The molecule has 72 valence electrons. The van der Waals surface area contributed by atoms with E-state index in [1.807, 2.05) is 30.5 Å². The Morgan fingerprint density at radius 1 is 1.38 bits per heavy atom. The normalized spacial score (nSPS) is 15.4. The van der Waals surface area contributed by atoms with E-state index in [4.69, 9.17) is 5.73 Å². The Hall–Kier alpha value is -0.510. The fraction of sp³-hybridized carbons (Fsp3) is 0.400. The summed E-state index contributed by atoms with van der Waals surface area (Å²) in [5.74, 6) is 0. The van der Waals surface area contributed by atoms with Gasteiger partial charge in [-0.3, -0.25) is 0 Å². The van der Waals surface area contributed by atoms with Crippen LogP contribution in [0, 0.1) is 0 Å². The number of nitrogens with two attached hydrogens (primary N) is 1. The molecule has 1 aromatic rings. The highest BCUT2D eigenvalue weighted by atomic mass is 32.2. The van der Waals surface area contributed by atoms with Gasteiger partial charge in [0.25, 0.3) is 0 Å². The van der Waals surface area contributed by atoms with E-state index in [-0.39, 0.29) is 6.54 Å². The maximum absolute atomic E-state index is 9.83. The van der Waals surface area contributed by atoms with Gasteiger partial charge in [-0.2, -0.15) is 0 Å². The summed E-state index contributed by atoms with van der Waals surface area (Å²) >= 11 is 1.68. The Balaban J connectivity index is 2.92. The molecule has 2 nitrogen and oxygen atoms in total. The first-order valence-electron chi connectivity index (χ1n) is 4.17. The van der Waals surface area contributed by atoms with Crippen LogP contribution in [0.3, 0.4) is 0 Å². The summed E-state index contributed by atoms with van der Waals surface area (Å²) in [7, 11) is 0. The van der Waals surface area contributed by atoms with Crippen LogP contribution in [0.4, 0.5) is 0 Å². The molecule has 0 fully saturated rings. The Bertz CT molecular complexity index is 269. The molecule has 0 heterocycles. The van der Waals surface area contributed by atoms with Crippen LogP contribution in [0.1, 0.15) is 12.5 Å². The topological polar surface area (TPSA) is 46.2 Å². The second-order valence-electron chi connectivity index (χ2n) is 3.21. The third-order valence-corrected chi connectivity index (χ3v) is 2.85. The van der Waals surface area contributed by atoms with Crippen LogP contribution in [0.15, 0.2) is 29.2 Å². The van der Waals surface area contributed by atoms with Crippen molar-refractivity contribution in [3.8, 4) is 0 Å². The van der Waals surface area contributed by atoms with Gasteiger partial charge in [0, 0.05) is 11.4 Å². The first kappa shape index (κ1) is 10.6. The number of benzene rings is 1. The summed E-state index contributed by atoms with van der Waals surface area (Å²) in [5, 5.41) is 9.83. The van der Waals surface area contributed by atoms with Gasteiger partial charge < -0.3 is 10.8 Å². The van der Waals surface area contributed by atoms with Crippen molar-refractivity contribution >= 4 is 11.8 Å². The molecule has 0 radical (unpaired) electrons. The van der Waals surface area contributed by atoms with Crippen molar-refractivity contribution in [2.45, 2.75) is 17.4 Å². The standard InChI is InChI=1S/C10H15NOS/c1-10(12,7-11)8-3-5-9(13-2)6-4-8/h3-6,12H,7,11H2,1-2H3. The average molecular weight is 197 g/mol. The van der Waals surface area contributed by atoms with Crippen molar-refractivity contribution in [2.24, 2.45) is 5.73 Å². The van der Waals surface area contributed by atoms with Gasteiger partial charge in [-0.1, -0.05) is 12.1 Å². The monoisotopic (exact) mass is 197 g/mol. The number of thioether (sulfide) groups is 1. The Morgan fingerprint density at radius 2 is 1.92 bits per heavy atom. The van der Waals surface area contributed by atoms with Gasteiger partial charge in [0.1, 0.15) is 0 Å². The molecular formula is C10H15NOS. The van der Waals surface area contributed by atoms with E-state index in [1.54, 1.807) is 18.7 Å². The smallest absolute Gasteiger partial charge is 0.0990 e. The second-order valence-corrected chi connectivity index (χ2v) is 4.09. The number of hydrogen-bond acceptors (Lipinski definition) is 3. The largest absolute Gasteiger partial charge is 0.384 e. The van der Waals surface area contributed by atoms with Gasteiger partial charge in [-0.25, -0.2) is 0 Å². The minimum atomic E-state index is -0.906. The molecule has 1 aromatic carbocycles. The highest BCUT2D eigenvalue weighted by Crippen LogP contribution is 2.22. The molecule has 0 aliphatic carbocycles. The SMILES string of the molecule is CSc1ccc(C(C)(O)CN)cc1. The lowest BCUT2D eigenvalue weighted by atomic mass is 9.97. The van der Waals surface area contributed by atoms with E-state index >= 15 is 0 Å². The van der Waals surface area contributed by atoms with Crippen molar-refractivity contribution in [1.29, 1.82) is 0 Å². The Labute approximate surface area is 83.1 Å². The third kappa shape index (κ3) is 2.46. The number of rotatable bonds is 3. The van der Waals surface area contributed by atoms with Crippen LogP contribution in [0.25, 0.3) is 0 Å². The van der Waals surface area contributed by atoms with Gasteiger partial charge in [-0.05, 0) is 30.9 Å². The quantitative estimate of drug-likeness (QED) is 0.723. The zero-order valence-electron chi connectivity index (χ0n) is 7.95. The molecule has 0 bridgehead atoms. The minimum absolute atomic E-state index is 0.242. The molecule has 0 saturated heterocycles. The van der Waals surface area contributed by atoms with E-state index in [2.05, 4.69) is 0 Å². The molecule has 0 amide bonds. The number of aliphatic hydroxyl groups is 1. The fourth-order valence-electron chi connectivity index (χ4n) is 1.07. The fourth-order valence-corrected chi connectivity index (χ4v) is 1.48. The predicted octanol–water partition coefficient (Wildman–Crippen LogP) is 1.57. The lowest BCUT2D eigenvalue weighted by Crippen LogP contribution is -2.31. The van der Waals surface area contributed by atoms with Gasteiger partial charge in [0.2, 0.25) is 0 Å². The van der Waals surface area contributed by atoms with Crippen LogP contribution >= 0.6 is 11.8 Å². The summed E-state index contributed by atoms with van der Waals surface area (Å²) in [6.45, 7) is 1.96. The summed E-state index contributed by atoms with van der Waals surface area (Å²) in [6, 6.07) is 7.81. The molecule has 1 unspecified atom stereocenters. The predicted molar refractivity (Wildman–Crippen MR) is 56.8 cm³/mol. The van der Waals surface area contributed by atoms with Gasteiger partial charge in [-0.15, -0.1) is 11.8 Å². The molecule has 3 heteroatoms. The van der Waals surface area contributed by atoms with E-state index in [9.17, 15) is 5.11 Å². The Kier molecular flexibility index (Phi) is 3.36. The van der Waals surface area contributed by atoms with Gasteiger partial charge in [0.15, 0.2) is 0 Å². The highest BCUT2D eigenvalue weighted by molar-refractivity contribution is 7.98. The molecule has 0 aromatic heterocycles. The zero-order chi connectivity index (χ0) is 9.90. The van der Waals surface area contributed by atoms with E-state index in [0.717, 1.165) is 5.56 Å². The molecule has 0 aliphatic heterocycles. The van der Waals surface area contributed by atoms with Crippen molar-refractivity contribution in [2.75, 3.05) is 12.8 Å². The van der Waals surface area contributed by atoms with E-state index in [1.165, 1.54) is 4.90 Å². The molecule has 0 saturated carbocycles. The summed E-state index contributed by atoms with van der Waals surface area (Å²) in [6.07, 6.45) is 2.02. The highest BCUT2D eigenvalue weighted by Gasteiger charge is 2.20. The van der Waals surface area contributed by atoms with Crippen molar-refractivity contribution < 1.29 is 5.11 Å². The maximum Gasteiger partial charge on any atom is 0.0990 e. The van der Waals surface area contributed by atoms with Crippen molar-refractivity contribution in [3.05, 3.63) is 29.8 Å². The summed E-state index contributed by atoms with van der Waals surface area (Å²) in [5.41, 5.74) is 5.42. The molecule has 13 heavy (non-hydrogen) atoms. The van der Waals surface area contributed by atoms with Crippen LogP contribution in [0.5, 0.6) is 0 Å². The molecule has 0 aliphatic rings. The molecule has 0 spiro atoms. The number of hydrogen-bond donors (Lipinski definition) is 2. The lowest BCUT2D eigenvalue weighted by molar-refractivity contribution is 0.0668. The molecule has 3 N–H and O–H groups in total. The first-order valence-corrected chi connectivity index (χ1v) is 5.39. The van der Waals surface area contributed by atoms with Crippen molar-refractivity contribution in [3.63, 3.8) is 0 Å². The summed E-state index contributed by atoms with van der Waals surface area (Å²) in [4.78, 5) is 1.19. The van der Waals surface area contributed by atoms with Crippen LogP contribution in [-0.2, 0) is 5.60 Å². The average Bonchev–Trinajstić information content (AvgIpc) is 2.18. The Morgan fingerprint density at radius 3 is 2.31 bits per heavy atom. The molecule has 1 atom stereocenters. The van der Waals surface area contributed by atoms with Crippen molar-refractivity contribution in [1.82, 2.24) is 0 Å². The zero-order valence-corrected chi connectivity index (χ0v) is 8.77. The van der Waals surface area contributed by atoms with Crippen LogP contribution in [0.2, 0.25) is 0 Å². The first-order chi connectivity index (χ1) is 6.10. The maximum atomic E-state index is 9.83. The second kappa shape index (κ2) is 4.13. The molecule has 1 rings (SSSR count). The van der Waals surface area contributed by atoms with Crippen LogP contribution < -0.4 is 5.73 Å². The lowest BCUT2D eigenvalue weighted by Gasteiger charge is -2.21. The third-order valence-electron chi connectivity index (χ3n) is 2.11. The summed E-state index contributed by atoms with van der Waals surface area (Å²) < 4.78 is 0. The van der Waals surface area contributed by atoms with Gasteiger partial charge in [0.05, 0.1) is 5.60 Å². The van der Waals surface area contributed by atoms with Crippen LogP contribution in [-0.4, -0.2) is 17.9 Å². The minimum Gasteiger partial charge on any atom is -0.384 e. The van der Waals surface area contributed by atoms with Gasteiger partial charge >= 0.3 is 0 Å². The molecular weight excluding hydrogens is 182 g/mol. The van der Waals surface area contributed by atoms with E-state index < -0.39 is 5.60 Å².